The van der Waals surface area contributed by atoms with Crippen LogP contribution >= 0.6 is 12.2 Å². The molecule has 0 unspecified atom stereocenters. The van der Waals surface area contributed by atoms with Crippen LogP contribution in [0, 0.1) is 5.92 Å². The molecule has 0 aromatic heterocycles. The van der Waals surface area contributed by atoms with Crippen molar-refractivity contribution in [3.05, 3.63) is 29.8 Å². The van der Waals surface area contributed by atoms with Crippen molar-refractivity contribution in [1.82, 2.24) is 10.6 Å². The van der Waals surface area contributed by atoms with E-state index in [1.807, 2.05) is 18.2 Å². The van der Waals surface area contributed by atoms with E-state index in [9.17, 15) is 0 Å². The molecule has 2 rings (SSSR count). The van der Waals surface area contributed by atoms with Gasteiger partial charge in [0.1, 0.15) is 5.75 Å². The van der Waals surface area contributed by atoms with E-state index >= 15 is 0 Å². The molecule has 0 saturated heterocycles. The first-order chi connectivity index (χ1) is 9.70. The zero-order chi connectivity index (χ0) is 14.4. The molecule has 110 valence electrons. The second kappa shape index (κ2) is 7.48. The Balaban J connectivity index is 1.82. The molecule has 1 aromatic rings. The summed E-state index contributed by atoms with van der Waals surface area (Å²) in [4.78, 5) is 0. The summed E-state index contributed by atoms with van der Waals surface area (Å²) in [6, 6.07) is 8.53. The standard InChI is InChI=1S/C16H24N2OS/c1-12-7-3-5-9-14(12)18-16(20)17-11-13-8-4-6-10-15(13)19-2/h4,6,8,10,12,14H,3,5,7,9,11H2,1-2H3,(H2,17,18,20)/t12-,14-/m0/s1. The molecule has 1 aliphatic rings. The lowest BCUT2D eigenvalue weighted by atomic mass is 9.86. The van der Waals surface area contributed by atoms with Gasteiger partial charge in [-0.1, -0.05) is 38.0 Å². The lowest BCUT2D eigenvalue weighted by Gasteiger charge is -2.30. The van der Waals surface area contributed by atoms with Gasteiger partial charge in [0.25, 0.3) is 0 Å². The number of hydrogen-bond donors (Lipinski definition) is 2. The molecule has 0 heterocycles. The van der Waals surface area contributed by atoms with E-state index in [1.165, 1.54) is 25.7 Å². The van der Waals surface area contributed by atoms with Crippen molar-refractivity contribution in [2.75, 3.05) is 7.11 Å². The van der Waals surface area contributed by atoms with Gasteiger partial charge < -0.3 is 15.4 Å². The number of ether oxygens (including phenoxy) is 1. The van der Waals surface area contributed by atoms with Crippen molar-refractivity contribution in [3.63, 3.8) is 0 Å². The minimum absolute atomic E-state index is 0.515. The van der Waals surface area contributed by atoms with Crippen molar-refractivity contribution in [2.24, 2.45) is 5.92 Å². The smallest absolute Gasteiger partial charge is 0.166 e. The molecule has 0 aliphatic heterocycles. The van der Waals surface area contributed by atoms with Gasteiger partial charge in [-0.3, -0.25) is 0 Å². The third-order valence-electron chi connectivity index (χ3n) is 4.06. The lowest BCUT2D eigenvalue weighted by Crippen LogP contribution is -2.45. The van der Waals surface area contributed by atoms with Gasteiger partial charge in [0.15, 0.2) is 5.11 Å². The Morgan fingerprint density at radius 2 is 2.05 bits per heavy atom. The first kappa shape index (κ1) is 15.1. The minimum Gasteiger partial charge on any atom is -0.496 e. The molecule has 3 nitrogen and oxygen atoms in total. The number of benzene rings is 1. The second-order valence-electron chi connectivity index (χ2n) is 5.51. The molecule has 0 spiro atoms. The van der Waals surface area contributed by atoms with Crippen molar-refractivity contribution in [3.8, 4) is 5.75 Å². The van der Waals surface area contributed by atoms with Gasteiger partial charge in [-0.15, -0.1) is 0 Å². The van der Waals surface area contributed by atoms with Crippen LogP contribution in [0.25, 0.3) is 0 Å². The predicted octanol–water partition coefficient (Wildman–Crippen LogP) is 3.24. The van der Waals surface area contributed by atoms with Gasteiger partial charge >= 0.3 is 0 Å². The van der Waals surface area contributed by atoms with Crippen molar-refractivity contribution < 1.29 is 4.74 Å². The average molecular weight is 292 g/mol. The highest BCUT2D eigenvalue weighted by molar-refractivity contribution is 7.80. The number of para-hydroxylation sites is 1. The molecule has 1 aliphatic carbocycles. The van der Waals surface area contributed by atoms with Gasteiger partial charge in [0.05, 0.1) is 7.11 Å². The molecule has 1 aromatic carbocycles. The van der Waals surface area contributed by atoms with Crippen LogP contribution in [0.5, 0.6) is 5.75 Å². The van der Waals surface area contributed by atoms with Gasteiger partial charge in [0.2, 0.25) is 0 Å². The molecule has 0 amide bonds. The second-order valence-corrected chi connectivity index (χ2v) is 5.92. The van der Waals surface area contributed by atoms with Gasteiger partial charge in [-0.05, 0) is 37.0 Å². The van der Waals surface area contributed by atoms with Gasteiger partial charge in [0, 0.05) is 18.2 Å². The van der Waals surface area contributed by atoms with Crippen LogP contribution in [0.2, 0.25) is 0 Å². The SMILES string of the molecule is COc1ccccc1CNC(=S)N[C@H]1CCCC[C@@H]1C. The van der Waals surface area contributed by atoms with Crippen molar-refractivity contribution in [1.29, 1.82) is 0 Å². The fraction of sp³-hybridized carbons (Fsp3) is 0.562. The Labute approximate surface area is 127 Å². The fourth-order valence-electron chi connectivity index (χ4n) is 2.77. The van der Waals surface area contributed by atoms with E-state index < -0.39 is 0 Å². The number of hydrogen-bond acceptors (Lipinski definition) is 2. The minimum atomic E-state index is 0.515. The number of methoxy groups -OCH3 is 1. The Bertz CT molecular complexity index is 450. The molecule has 2 N–H and O–H groups in total. The number of nitrogens with one attached hydrogen (secondary N) is 2. The fourth-order valence-corrected chi connectivity index (χ4v) is 3.00. The van der Waals surface area contributed by atoms with Gasteiger partial charge in [-0.2, -0.15) is 0 Å². The largest absolute Gasteiger partial charge is 0.496 e. The summed E-state index contributed by atoms with van der Waals surface area (Å²) >= 11 is 5.40. The van der Waals surface area contributed by atoms with Crippen LogP contribution in [-0.2, 0) is 6.54 Å². The van der Waals surface area contributed by atoms with E-state index in [2.05, 4.69) is 23.6 Å². The molecule has 1 saturated carbocycles. The maximum Gasteiger partial charge on any atom is 0.166 e. The molecule has 1 fully saturated rings. The molecule has 0 radical (unpaired) electrons. The van der Waals surface area contributed by atoms with Crippen LogP contribution < -0.4 is 15.4 Å². The summed E-state index contributed by atoms with van der Waals surface area (Å²) in [5.74, 6) is 1.60. The van der Waals surface area contributed by atoms with Crippen LogP contribution in [-0.4, -0.2) is 18.3 Å². The van der Waals surface area contributed by atoms with E-state index in [-0.39, 0.29) is 0 Å². The van der Waals surface area contributed by atoms with Crippen LogP contribution in [0.4, 0.5) is 0 Å². The predicted molar refractivity (Wildman–Crippen MR) is 87.0 cm³/mol. The number of thiocarbonyl (C=S) groups is 1. The zero-order valence-electron chi connectivity index (χ0n) is 12.3. The molecule has 0 bridgehead atoms. The van der Waals surface area contributed by atoms with Crippen LogP contribution in [0.1, 0.15) is 38.2 Å². The Morgan fingerprint density at radius 1 is 1.30 bits per heavy atom. The maximum absolute atomic E-state index is 5.40. The third kappa shape index (κ3) is 4.10. The zero-order valence-corrected chi connectivity index (χ0v) is 13.1. The summed E-state index contributed by atoms with van der Waals surface area (Å²) in [5, 5.41) is 7.48. The van der Waals surface area contributed by atoms with Crippen LogP contribution in [0.15, 0.2) is 24.3 Å². The molecule has 20 heavy (non-hydrogen) atoms. The highest BCUT2D eigenvalue weighted by Crippen LogP contribution is 2.23. The highest BCUT2D eigenvalue weighted by atomic mass is 32.1. The van der Waals surface area contributed by atoms with E-state index in [0.717, 1.165) is 16.4 Å². The molecular formula is C16H24N2OS. The summed E-state index contributed by atoms with van der Waals surface area (Å²) in [6.07, 6.45) is 5.17. The molecular weight excluding hydrogens is 268 g/mol. The quantitative estimate of drug-likeness (QED) is 0.835. The summed E-state index contributed by atoms with van der Waals surface area (Å²) in [5.41, 5.74) is 1.12. The van der Waals surface area contributed by atoms with E-state index in [1.54, 1.807) is 7.11 Å². The van der Waals surface area contributed by atoms with Crippen molar-refractivity contribution >= 4 is 17.3 Å². The highest BCUT2D eigenvalue weighted by Gasteiger charge is 2.21. The molecule has 4 heteroatoms. The topological polar surface area (TPSA) is 33.3 Å². The Kier molecular flexibility index (Phi) is 5.65. The first-order valence-corrected chi connectivity index (χ1v) is 7.78. The first-order valence-electron chi connectivity index (χ1n) is 7.37. The average Bonchev–Trinajstić information content (AvgIpc) is 2.48. The van der Waals surface area contributed by atoms with Gasteiger partial charge in [-0.25, -0.2) is 0 Å². The monoisotopic (exact) mass is 292 g/mol. The summed E-state index contributed by atoms with van der Waals surface area (Å²) in [6.45, 7) is 3.00. The van der Waals surface area contributed by atoms with E-state index in [4.69, 9.17) is 17.0 Å². The Hall–Kier alpha value is -1.29. The van der Waals surface area contributed by atoms with Crippen molar-refractivity contribution in [2.45, 2.75) is 45.2 Å². The van der Waals surface area contributed by atoms with Crippen LogP contribution in [0.3, 0.4) is 0 Å². The maximum atomic E-state index is 5.40. The summed E-state index contributed by atoms with van der Waals surface area (Å²) < 4.78 is 5.34. The third-order valence-corrected chi connectivity index (χ3v) is 4.32. The molecule has 2 atom stereocenters. The normalized spacial score (nSPS) is 22.1. The van der Waals surface area contributed by atoms with E-state index in [0.29, 0.717) is 18.5 Å². The Morgan fingerprint density at radius 3 is 2.80 bits per heavy atom. The lowest BCUT2D eigenvalue weighted by molar-refractivity contribution is 0.308. The number of rotatable bonds is 4. The summed E-state index contributed by atoms with van der Waals surface area (Å²) in [7, 11) is 1.69.